The maximum Gasteiger partial charge on any atom is 0.192 e. The minimum absolute atomic E-state index is 0.0428. The average molecular weight is 400 g/mol. The number of hydrogen-bond donors (Lipinski definition) is 0. The summed E-state index contributed by atoms with van der Waals surface area (Å²) < 4.78 is 29.5. The van der Waals surface area contributed by atoms with Gasteiger partial charge in [-0.05, 0) is 46.4 Å². The third kappa shape index (κ3) is 2.42. The zero-order valence-corrected chi connectivity index (χ0v) is 13.3. The van der Waals surface area contributed by atoms with E-state index in [0.717, 1.165) is 26.7 Å². The molecule has 20 heavy (non-hydrogen) atoms. The highest BCUT2D eigenvalue weighted by atomic mass is 127. The Morgan fingerprint density at radius 1 is 1.15 bits per heavy atom. The largest absolute Gasteiger partial charge is 0.448 e. The molecule has 3 rings (SSSR count). The summed E-state index contributed by atoms with van der Waals surface area (Å²) in [5, 5.41) is 0.0428. The molecule has 0 atom stereocenters. The summed E-state index contributed by atoms with van der Waals surface area (Å²) in [6, 6.07) is 6.92. The lowest BCUT2D eigenvalue weighted by Crippen LogP contribution is -2.00. The number of halogens is 1. The van der Waals surface area contributed by atoms with Gasteiger partial charge in [0.15, 0.2) is 24.2 Å². The van der Waals surface area contributed by atoms with E-state index in [1.54, 1.807) is 24.4 Å². The number of hydrogen-bond acceptors (Lipinski definition) is 5. The summed E-state index contributed by atoms with van der Waals surface area (Å²) in [5.74, 6) is 0. The molecule has 0 aliphatic rings. The van der Waals surface area contributed by atoms with E-state index in [4.69, 9.17) is 4.42 Å². The van der Waals surface area contributed by atoms with Crippen LogP contribution in [0.3, 0.4) is 0 Å². The Morgan fingerprint density at radius 3 is 2.65 bits per heavy atom. The van der Waals surface area contributed by atoms with Crippen LogP contribution in [0.1, 0.15) is 0 Å². The molecule has 0 aliphatic heterocycles. The average Bonchev–Trinajstić information content (AvgIpc) is 2.77. The Hall–Kier alpha value is -1.48. The Bertz CT molecular complexity index is 903. The summed E-state index contributed by atoms with van der Waals surface area (Å²) in [4.78, 5) is 8.11. The summed E-state index contributed by atoms with van der Waals surface area (Å²) in [5.41, 5.74) is 2.91. The van der Waals surface area contributed by atoms with Crippen LogP contribution in [-0.4, -0.2) is 24.6 Å². The highest BCUT2D eigenvalue weighted by Gasteiger charge is 2.13. The van der Waals surface area contributed by atoms with Crippen molar-refractivity contribution in [3.05, 3.63) is 40.4 Å². The van der Waals surface area contributed by atoms with Crippen molar-refractivity contribution < 1.29 is 12.8 Å². The van der Waals surface area contributed by atoms with E-state index in [1.807, 2.05) is 6.07 Å². The van der Waals surface area contributed by atoms with Crippen LogP contribution in [0.15, 0.2) is 46.1 Å². The molecule has 0 saturated carbocycles. The van der Waals surface area contributed by atoms with Gasteiger partial charge in [-0.2, -0.15) is 0 Å². The minimum Gasteiger partial charge on any atom is -0.448 e. The molecule has 0 amide bonds. The van der Waals surface area contributed by atoms with Gasteiger partial charge in [0.1, 0.15) is 5.52 Å². The molecule has 7 heteroatoms. The van der Waals surface area contributed by atoms with Gasteiger partial charge in [0.05, 0.1) is 0 Å². The summed E-state index contributed by atoms with van der Waals surface area (Å²) in [6.07, 6.45) is 4.28. The van der Waals surface area contributed by atoms with Crippen molar-refractivity contribution in [2.75, 3.05) is 6.26 Å². The van der Waals surface area contributed by atoms with Crippen LogP contribution in [0.4, 0.5) is 0 Å². The van der Waals surface area contributed by atoms with Crippen LogP contribution in [0.25, 0.3) is 22.2 Å². The van der Waals surface area contributed by atoms with Gasteiger partial charge in [-0.3, -0.25) is 4.98 Å². The first-order valence-corrected chi connectivity index (χ1v) is 8.63. The third-order valence-electron chi connectivity index (χ3n) is 2.81. The van der Waals surface area contributed by atoms with Gasteiger partial charge >= 0.3 is 0 Å². The summed E-state index contributed by atoms with van der Waals surface area (Å²) in [6.45, 7) is 0. The topological polar surface area (TPSA) is 73.1 Å². The third-order valence-corrected chi connectivity index (χ3v) is 4.32. The molecule has 0 N–H and O–H groups in total. The molecule has 0 saturated heterocycles. The van der Waals surface area contributed by atoms with Crippen LogP contribution in [0.5, 0.6) is 0 Å². The number of rotatable bonds is 2. The van der Waals surface area contributed by atoms with Crippen molar-refractivity contribution in [1.29, 1.82) is 0 Å². The SMILES string of the molecule is CS(=O)(=O)c1cc(-c2ccnc3cc(I)oc23)ccn1. The van der Waals surface area contributed by atoms with Crippen molar-refractivity contribution in [1.82, 2.24) is 9.97 Å². The van der Waals surface area contributed by atoms with Crippen LogP contribution in [0.2, 0.25) is 0 Å². The van der Waals surface area contributed by atoms with E-state index in [1.165, 1.54) is 6.20 Å². The highest BCUT2D eigenvalue weighted by molar-refractivity contribution is 14.1. The molecule has 5 nitrogen and oxygen atoms in total. The molecule has 0 radical (unpaired) electrons. The van der Waals surface area contributed by atoms with Gasteiger partial charge in [-0.1, -0.05) is 0 Å². The zero-order valence-electron chi connectivity index (χ0n) is 10.4. The number of furan rings is 1. The standard InChI is InChI=1S/C13H9IN2O3S/c1-20(17,18)12-6-8(2-4-16-12)9-3-5-15-10-7-11(14)19-13(9)10/h2-7H,1H3. The van der Waals surface area contributed by atoms with Gasteiger partial charge in [0.2, 0.25) is 0 Å². The van der Waals surface area contributed by atoms with Crippen molar-refractivity contribution in [3.63, 3.8) is 0 Å². The van der Waals surface area contributed by atoms with Gasteiger partial charge in [-0.15, -0.1) is 0 Å². The molecule has 0 aromatic carbocycles. The fraction of sp³-hybridized carbons (Fsp3) is 0.0769. The predicted octanol–water partition coefficient (Wildman–Crippen LogP) is 2.90. The van der Waals surface area contributed by atoms with Gasteiger partial charge in [0, 0.05) is 30.3 Å². The van der Waals surface area contributed by atoms with E-state index in [0.29, 0.717) is 5.58 Å². The van der Waals surface area contributed by atoms with E-state index in [9.17, 15) is 8.42 Å². The fourth-order valence-electron chi connectivity index (χ4n) is 1.92. The van der Waals surface area contributed by atoms with Crippen LogP contribution < -0.4 is 0 Å². The first-order valence-electron chi connectivity index (χ1n) is 5.66. The maximum atomic E-state index is 11.6. The molecule has 0 unspecified atom stereocenters. The van der Waals surface area contributed by atoms with E-state index in [-0.39, 0.29) is 5.03 Å². The predicted molar refractivity (Wildman–Crippen MR) is 83.1 cm³/mol. The second-order valence-electron chi connectivity index (χ2n) is 4.28. The number of fused-ring (bicyclic) bond motifs is 1. The molecule has 3 aromatic heterocycles. The zero-order chi connectivity index (χ0) is 14.3. The smallest absolute Gasteiger partial charge is 0.192 e. The number of pyridine rings is 2. The van der Waals surface area contributed by atoms with Crippen molar-refractivity contribution >= 4 is 43.5 Å². The first kappa shape index (κ1) is 13.5. The monoisotopic (exact) mass is 400 g/mol. The van der Waals surface area contributed by atoms with E-state index >= 15 is 0 Å². The molecule has 0 spiro atoms. The van der Waals surface area contributed by atoms with Crippen LogP contribution in [0, 0.1) is 3.77 Å². The van der Waals surface area contributed by atoms with E-state index in [2.05, 4.69) is 32.6 Å². The maximum absolute atomic E-state index is 11.6. The molecule has 0 fully saturated rings. The molecule has 3 heterocycles. The normalized spacial score (nSPS) is 11.9. The molecular weight excluding hydrogens is 391 g/mol. The molecule has 3 aromatic rings. The van der Waals surface area contributed by atoms with Crippen LogP contribution in [-0.2, 0) is 9.84 Å². The number of aromatic nitrogens is 2. The molecular formula is C13H9IN2O3S. The lowest BCUT2D eigenvalue weighted by Gasteiger charge is -2.04. The Kier molecular flexibility index (Phi) is 3.25. The summed E-state index contributed by atoms with van der Waals surface area (Å²) in [7, 11) is -3.34. The van der Waals surface area contributed by atoms with Crippen LogP contribution >= 0.6 is 22.6 Å². The first-order chi connectivity index (χ1) is 9.45. The van der Waals surface area contributed by atoms with E-state index < -0.39 is 9.84 Å². The lowest BCUT2D eigenvalue weighted by atomic mass is 10.1. The quantitative estimate of drug-likeness (QED) is 0.619. The second-order valence-corrected chi connectivity index (χ2v) is 7.30. The van der Waals surface area contributed by atoms with Gasteiger partial charge in [-0.25, -0.2) is 13.4 Å². The Labute approximate surface area is 129 Å². The molecule has 0 bridgehead atoms. The fourth-order valence-corrected chi connectivity index (χ4v) is 3.02. The Morgan fingerprint density at radius 2 is 1.90 bits per heavy atom. The van der Waals surface area contributed by atoms with Crippen molar-refractivity contribution in [2.24, 2.45) is 0 Å². The molecule has 102 valence electrons. The second kappa shape index (κ2) is 4.81. The molecule has 0 aliphatic carbocycles. The van der Waals surface area contributed by atoms with Gasteiger partial charge < -0.3 is 4.42 Å². The van der Waals surface area contributed by atoms with Crippen molar-refractivity contribution in [2.45, 2.75) is 5.03 Å². The Balaban J connectivity index is 2.26. The highest BCUT2D eigenvalue weighted by Crippen LogP contribution is 2.30. The summed E-state index contributed by atoms with van der Waals surface area (Å²) >= 11 is 2.07. The minimum atomic E-state index is -3.34. The van der Waals surface area contributed by atoms with Crippen molar-refractivity contribution in [3.8, 4) is 11.1 Å². The lowest BCUT2D eigenvalue weighted by molar-refractivity contribution is 0.584. The number of nitrogens with zero attached hydrogens (tertiary/aromatic N) is 2. The van der Waals surface area contributed by atoms with Gasteiger partial charge in [0.25, 0.3) is 0 Å². The number of sulfone groups is 1.